The van der Waals surface area contributed by atoms with Crippen molar-refractivity contribution in [2.75, 3.05) is 26.7 Å². The predicted molar refractivity (Wildman–Crippen MR) is 102 cm³/mol. The van der Waals surface area contributed by atoms with Crippen molar-refractivity contribution in [2.24, 2.45) is 5.92 Å². The SMILES string of the molecule is CC(C)CNCC(=O)O.CCC(C)NCC(=O)O.CNC(C)(C)C(=O)O. The average molecular weight is 379 g/mol. The summed E-state index contributed by atoms with van der Waals surface area (Å²) in [6.07, 6.45) is 0.966. The van der Waals surface area contributed by atoms with Crippen LogP contribution in [0.3, 0.4) is 0 Å². The molecule has 26 heavy (non-hydrogen) atoms. The summed E-state index contributed by atoms with van der Waals surface area (Å²) in [5.41, 5.74) is -0.792. The summed E-state index contributed by atoms with van der Waals surface area (Å²) >= 11 is 0. The van der Waals surface area contributed by atoms with Gasteiger partial charge >= 0.3 is 17.9 Å². The molecule has 9 heteroatoms. The molecule has 0 aromatic carbocycles. The first-order valence-corrected chi connectivity index (χ1v) is 8.60. The Kier molecular flexibility index (Phi) is 18.7. The Bertz CT molecular complexity index is 400. The number of carboxylic acids is 3. The minimum atomic E-state index is -0.833. The van der Waals surface area contributed by atoms with Crippen molar-refractivity contribution in [3.05, 3.63) is 0 Å². The standard InChI is InChI=1S/2C6H13NO2.C5H11NO2/c1-5(2)3-7-4-6(8)9;1-3-5(2)7-4-6(8)9;1-5(2,6-3)4(7)8/h2*5,7H,3-4H2,1-2H3,(H,8,9);6H,1-3H3,(H,7,8). The van der Waals surface area contributed by atoms with Gasteiger partial charge in [-0.2, -0.15) is 0 Å². The van der Waals surface area contributed by atoms with Crippen LogP contribution in [0.4, 0.5) is 0 Å². The lowest BCUT2D eigenvalue weighted by Crippen LogP contribution is -2.44. The largest absolute Gasteiger partial charge is 0.480 e. The van der Waals surface area contributed by atoms with Gasteiger partial charge in [-0.3, -0.25) is 14.4 Å². The van der Waals surface area contributed by atoms with Gasteiger partial charge < -0.3 is 31.3 Å². The zero-order valence-corrected chi connectivity index (χ0v) is 17.0. The Hall–Kier alpha value is -1.71. The van der Waals surface area contributed by atoms with Gasteiger partial charge in [0.2, 0.25) is 0 Å². The van der Waals surface area contributed by atoms with Crippen molar-refractivity contribution in [3.8, 4) is 0 Å². The molecule has 0 saturated carbocycles. The summed E-state index contributed by atoms with van der Waals surface area (Å²) in [5.74, 6) is -1.91. The first-order chi connectivity index (χ1) is 11.8. The second-order valence-corrected chi connectivity index (χ2v) is 6.68. The van der Waals surface area contributed by atoms with Crippen molar-refractivity contribution in [1.29, 1.82) is 0 Å². The first-order valence-electron chi connectivity index (χ1n) is 8.60. The maximum atomic E-state index is 10.2. The molecule has 1 unspecified atom stereocenters. The molecule has 0 amide bonds. The summed E-state index contributed by atoms with van der Waals surface area (Å²) in [5, 5.41) is 33.0. The smallest absolute Gasteiger partial charge is 0.323 e. The van der Waals surface area contributed by atoms with Gasteiger partial charge in [0.05, 0.1) is 13.1 Å². The van der Waals surface area contributed by atoms with Gasteiger partial charge in [0.1, 0.15) is 5.54 Å². The van der Waals surface area contributed by atoms with Gasteiger partial charge in [-0.05, 0) is 46.7 Å². The third kappa shape index (κ3) is 24.5. The second-order valence-electron chi connectivity index (χ2n) is 6.68. The van der Waals surface area contributed by atoms with Crippen molar-refractivity contribution >= 4 is 17.9 Å². The van der Waals surface area contributed by atoms with E-state index in [1.165, 1.54) is 0 Å². The molecule has 0 aromatic heterocycles. The summed E-state index contributed by atoms with van der Waals surface area (Å²) in [6.45, 7) is 12.2. The molecule has 1 atom stereocenters. The van der Waals surface area contributed by atoms with E-state index in [-0.39, 0.29) is 13.1 Å². The minimum Gasteiger partial charge on any atom is -0.480 e. The fourth-order valence-corrected chi connectivity index (χ4v) is 0.981. The van der Waals surface area contributed by atoms with Crippen LogP contribution in [-0.2, 0) is 14.4 Å². The van der Waals surface area contributed by atoms with Gasteiger partial charge in [-0.1, -0.05) is 20.8 Å². The zero-order valence-electron chi connectivity index (χ0n) is 17.0. The summed E-state index contributed by atoms with van der Waals surface area (Å²) in [4.78, 5) is 30.1. The Labute approximate surface area is 156 Å². The van der Waals surface area contributed by atoms with Crippen molar-refractivity contribution in [2.45, 2.75) is 59.5 Å². The number of hydrogen-bond acceptors (Lipinski definition) is 6. The number of carbonyl (C=O) groups is 3. The zero-order chi connectivity index (χ0) is 21.3. The molecule has 0 aliphatic carbocycles. The summed E-state index contributed by atoms with van der Waals surface area (Å²) < 4.78 is 0. The van der Waals surface area contributed by atoms with E-state index in [1.807, 2.05) is 27.7 Å². The van der Waals surface area contributed by atoms with Crippen LogP contribution in [0.1, 0.15) is 48.0 Å². The maximum absolute atomic E-state index is 10.2. The molecule has 0 heterocycles. The molecule has 0 fully saturated rings. The highest BCUT2D eigenvalue weighted by Gasteiger charge is 2.23. The highest BCUT2D eigenvalue weighted by Crippen LogP contribution is 1.98. The molecule has 156 valence electrons. The van der Waals surface area contributed by atoms with E-state index in [0.29, 0.717) is 12.0 Å². The lowest BCUT2D eigenvalue weighted by molar-refractivity contribution is -0.143. The van der Waals surface area contributed by atoms with Gasteiger partial charge in [0.25, 0.3) is 0 Å². The van der Waals surface area contributed by atoms with Crippen LogP contribution in [0.25, 0.3) is 0 Å². The molecule has 0 saturated heterocycles. The number of rotatable bonds is 10. The Morgan fingerprint density at radius 2 is 1.42 bits per heavy atom. The highest BCUT2D eigenvalue weighted by atomic mass is 16.4. The van der Waals surface area contributed by atoms with E-state index in [9.17, 15) is 14.4 Å². The van der Waals surface area contributed by atoms with Crippen LogP contribution >= 0.6 is 0 Å². The molecule has 6 N–H and O–H groups in total. The molecule has 0 aromatic rings. The van der Waals surface area contributed by atoms with E-state index in [0.717, 1.165) is 13.0 Å². The van der Waals surface area contributed by atoms with Gasteiger partial charge in [0.15, 0.2) is 0 Å². The third-order valence-corrected chi connectivity index (χ3v) is 3.20. The normalized spacial score (nSPS) is 11.5. The predicted octanol–water partition coefficient (Wildman–Crippen LogP) is 0.845. The quantitative estimate of drug-likeness (QED) is 0.325. The molecule has 0 aliphatic rings. The summed E-state index contributed by atoms with van der Waals surface area (Å²) in [7, 11) is 1.62. The van der Waals surface area contributed by atoms with Gasteiger partial charge in [0, 0.05) is 6.04 Å². The molecule has 0 radical (unpaired) electrons. The van der Waals surface area contributed by atoms with Crippen molar-refractivity contribution in [1.82, 2.24) is 16.0 Å². The molecular formula is C17H37N3O6. The molecule has 9 nitrogen and oxygen atoms in total. The number of nitrogens with one attached hydrogen (secondary N) is 3. The van der Waals surface area contributed by atoms with Gasteiger partial charge in [-0.25, -0.2) is 0 Å². The number of aliphatic carboxylic acids is 3. The number of carboxylic acid groups (broad SMARTS) is 3. The van der Waals surface area contributed by atoms with Gasteiger partial charge in [-0.15, -0.1) is 0 Å². The fourth-order valence-electron chi connectivity index (χ4n) is 0.981. The first kappa shape index (κ1) is 29.1. The molecule has 0 bridgehead atoms. The van der Waals surface area contributed by atoms with Crippen molar-refractivity contribution in [3.63, 3.8) is 0 Å². The minimum absolute atomic E-state index is 0.0645. The second kappa shape index (κ2) is 16.7. The van der Waals surface area contributed by atoms with Crippen LogP contribution in [0.15, 0.2) is 0 Å². The molecular weight excluding hydrogens is 342 g/mol. The van der Waals surface area contributed by atoms with E-state index >= 15 is 0 Å². The Morgan fingerprint density at radius 3 is 1.65 bits per heavy atom. The lowest BCUT2D eigenvalue weighted by Gasteiger charge is -2.16. The monoisotopic (exact) mass is 379 g/mol. The molecule has 0 spiro atoms. The fraction of sp³-hybridized carbons (Fsp3) is 0.824. The third-order valence-electron chi connectivity index (χ3n) is 3.20. The number of likely N-dealkylation sites (N-methyl/N-ethyl adjacent to an activating group) is 1. The van der Waals surface area contributed by atoms with E-state index in [4.69, 9.17) is 15.3 Å². The average Bonchev–Trinajstić information content (AvgIpc) is 2.52. The van der Waals surface area contributed by atoms with Crippen LogP contribution in [0.2, 0.25) is 0 Å². The van der Waals surface area contributed by atoms with E-state index in [1.54, 1.807) is 20.9 Å². The maximum Gasteiger partial charge on any atom is 0.323 e. The Balaban J connectivity index is -0.000000306. The number of hydrogen-bond donors (Lipinski definition) is 6. The topological polar surface area (TPSA) is 148 Å². The highest BCUT2D eigenvalue weighted by molar-refractivity contribution is 5.77. The Morgan fingerprint density at radius 1 is 0.962 bits per heavy atom. The van der Waals surface area contributed by atoms with Crippen LogP contribution < -0.4 is 16.0 Å². The van der Waals surface area contributed by atoms with Crippen molar-refractivity contribution < 1.29 is 29.7 Å². The van der Waals surface area contributed by atoms with Crippen LogP contribution in [0.5, 0.6) is 0 Å². The van der Waals surface area contributed by atoms with Crippen LogP contribution in [-0.4, -0.2) is 71.5 Å². The lowest BCUT2D eigenvalue weighted by atomic mass is 10.1. The summed E-state index contributed by atoms with van der Waals surface area (Å²) in [6, 6.07) is 0.307. The van der Waals surface area contributed by atoms with Crippen LogP contribution in [0, 0.1) is 5.92 Å². The molecule has 0 aliphatic heterocycles. The molecule has 0 rings (SSSR count). The van der Waals surface area contributed by atoms with E-state index < -0.39 is 23.4 Å². The van der Waals surface area contributed by atoms with E-state index in [2.05, 4.69) is 16.0 Å².